The summed E-state index contributed by atoms with van der Waals surface area (Å²) >= 11 is 0. The molecule has 1 aromatic heterocycles. The number of carbonyl (C=O) groups excluding carboxylic acids is 3. The van der Waals surface area contributed by atoms with Crippen molar-refractivity contribution in [3.63, 3.8) is 0 Å². The molecule has 0 spiro atoms. The van der Waals surface area contributed by atoms with Crippen molar-refractivity contribution in [3.8, 4) is 0 Å². The monoisotopic (exact) mass is 274 g/mol. The van der Waals surface area contributed by atoms with Crippen LogP contribution in [0, 0.1) is 0 Å². The van der Waals surface area contributed by atoms with Crippen LogP contribution < -0.4 is 0 Å². The lowest BCUT2D eigenvalue weighted by Crippen LogP contribution is -2.22. The minimum atomic E-state index is -0.986. The summed E-state index contributed by atoms with van der Waals surface area (Å²) < 4.78 is 6.17. The maximum Gasteiger partial charge on any atom is 0.375 e. The smallest absolute Gasteiger partial charge is 0.375 e. The van der Waals surface area contributed by atoms with Gasteiger partial charge in [0.05, 0.1) is 24.1 Å². The lowest BCUT2D eigenvalue weighted by atomic mass is 10.2. The molecule has 0 amide bonds. The maximum atomic E-state index is 12.0. The molecule has 0 saturated carbocycles. The topological polar surface area (TPSA) is 78.3 Å². The number of carbonyl (C=O) groups is 3. The fraction of sp³-hybridized carbons (Fsp3) is 0.286. The molecular weight excluding hydrogens is 260 g/mol. The molecule has 0 fully saturated rings. The average molecular weight is 274 g/mol. The molecule has 1 aromatic carbocycles. The van der Waals surface area contributed by atoms with Crippen LogP contribution >= 0.6 is 0 Å². The molecule has 2 aromatic rings. The zero-order chi connectivity index (χ0) is 14.7. The van der Waals surface area contributed by atoms with Crippen molar-refractivity contribution in [2.24, 2.45) is 7.05 Å². The molecule has 1 heterocycles. The van der Waals surface area contributed by atoms with E-state index in [-0.39, 0.29) is 12.4 Å². The Morgan fingerprint density at radius 2 is 1.95 bits per heavy atom. The van der Waals surface area contributed by atoms with E-state index in [2.05, 4.69) is 9.72 Å². The third-order valence-electron chi connectivity index (χ3n) is 2.86. The fourth-order valence-corrected chi connectivity index (χ4v) is 1.90. The Morgan fingerprint density at radius 1 is 1.25 bits per heavy atom. The number of esters is 1. The van der Waals surface area contributed by atoms with Gasteiger partial charge in [0, 0.05) is 7.05 Å². The van der Waals surface area contributed by atoms with Gasteiger partial charge >= 0.3 is 5.97 Å². The van der Waals surface area contributed by atoms with E-state index in [0.29, 0.717) is 5.52 Å². The number of para-hydroxylation sites is 2. The summed E-state index contributed by atoms with van der Waals surface area (Å²) in [5.41, 5.74) is 1.46. The normalized spacial score (nSPS) is 10.5. The number of aryl methyl sites for hydroxylation is 1. The number of fused-ring (bicyclic) bond motifs is 1. The Kier molecular flexibility index (Phi) is 3.93. The Bertz CT molecular complexity index is 688. The van der Waals surface area contributed by atoms with Gasteiger partial charge in [-0.2, -0.15) is 0 Å². The Balaban J connectivity index is 2.22. The summed E-state index contributed by atoms with van der Waals surface area (Å²) in [4.78, 5) is 38.9. The maximum absolute atomic E-state index is 12.0. The van der Waals surface area contributed by atoms with E-state index >= 15 is 0 Å². The van der Waals surface area contributed by atoms with Crippen molar-refractivity contribution in [3.05, 3.63) is 30.1 Å². The second-order valence-corrected chi connectivity index (χ2v) is 4.23. The number of nitrogens with zero attached hydrogens (tertiary/aromatic N) is 2. The molecule has 0 aliphatic heterocycles. The number of hydrogen-bond acceptors (Lipinski definition) is 5. The number of ether oxygens (including phenoxy) is 1. The first-order valence-corrected chi connectivity index (χ1v) is 6.19. The largest absolute Gasteiger partial charge is 0.460 e. The summed E-state index contributed by atoms with van der Waals surface area (Å²) in [7, 11) is 1.69. The minimum Gasteiger partial charge on any atom is -0.460 e. The minimum absolute atomic E-state index is 0.102. The molecule has 0 aliphatic rings. The molecule has 6 nitrogen and oxygen atoms in total. The predicted octanol–water partition coefficient (Wildman–Crippen LogP) is 1.28. The van der Waals surface area contributed by atoms with E-state index in [0.717, 1.165) is 5.52 Å². The van der Waals surface area contributed by atoms with Crippen LogP contribution in [-0.4, -0.2) is 33.7 Å². The first kappa shape index (κ1) is 13.9. The highest BCUT2D eigenvalue weighted by Crippen LogP contribution is 2.15. The van der Waals surface area contributed by atoms with Gasteiger partial charge in [0.15, 0.2) is 5.82 Å². The molecule has 20 heavy (non-hydrogen) atoms. The molecule has 0 N–H and O–H groups in total. The quantitative estimate of drug-likeness (QED) is 0.355. The van der Waals surface area contributed by atoms with E-state index in [1.807, 2.05) is 18.2 Å². The molecule has 0 unspecified atom stereocenters. The van der Waals surface area contributed by atoms with Crippen molar-refractivity contribution in [1.82, 2.24) is 9.55 Å². The van der Waals surface area contributed by atoms with Gasteiger partial charge in [-0.1, -0.05) is 12.1 Å². The number of Topliss-reactive ketones (excluding diaryl/α,β-unsaturated/α-hetero) is 2. The fourth-order valence-electron chi connectivity index (χ4n) is 1.90. The van der Waals surface area contributed by atoms with Crippen molar-refractivity contribution in [2.45, 2.75) is 13.3 Å². The average Bonchev–Trinajstić information content (AvgIpc) is 2.77. The Hall–Kier alpha value is -2.50. The van der Waals surface area contributed by atoms with Gasteiger partial charge in [-0.05, 0) is 19.1 Å². The van der Waals surface area contributed by atoms with Gasteiger partial charge in [0.2, 0.25) is 11.6 Å². The number of imidazole rings is 1. The molecule has 104 valence electrons. The number of aromatic nitrogens is 2. The second kappa shape index (κ2) is 5.64. The molecular formula is C14H14N2O4. The highest BCUT2D eigenvalue weighted by atomic mass is 16.5. The van der Waals surface area contributed by atoms with E-state index in [4.69, 9.17) is 0 Å². The highest BCUT2D eigenvalue weighted by Gasteiger charge is 2.23. The van der Waals surface area contributed by atoms with Gasteiger partial charge in [0.1, 0.15) is 0 Å². The molecule has 0 atom stereocenters. The van der Waals surface area contributed by atoms with Crippen LogP contribution in [0.15, 0.2) is 24.3 Å². The Labute approximate surface area is 115 Å². The summed E-state index contributed by atoms with van der Waals surface area (Å²) in [5, 5.41) is 0. The van der Waals surface area contributed by atoms with Crippen LogP contribution in [0.1, 0.15) is 24.0 Å². The van der Waals surface area contributed by atoms with Crippen molar-refractivity contribution in [1.29, 1.82) is 0 Å². The number of hydrogen-bond donors (Lipinski definition) is 0. The SMILES string of the molecule is CCOC(=O)C(=O)CC(=O)c1nc2ccccc2n1C. The van der Waals surface area contributed by atoms with Gasteiger partial charge in [-0.15, -0.1) is 0 Å². The number of rotatable bonds is 5. The third kappa shape index (κ3) is 2.59. The molecule has 0 saturated heterocycles. The second-order valence-electron chi connectivity index (χ2n) is 4.23. The third-order valence-corrected chi connectivity index (χ3v) is 2.86. The van der Waals surface area contributed by atoms with Gasteiger partial charge < -0.3 is 9.30 Å². The summed E-state index contributed by atoms with van der Waals surface area (Å²) in [6.07, 6.45) is -0.532. The summed E-state index contributed by atoms with van der Waals surface area (Å²) in [6.45, 7) is 1.70. The van der Waals surface area contributed by atoms with Gasteiger partial charge in [-0.25, -0.2) is 9.78 Å². The molecule has 6 heteroatoms. The molecule has 2 rings (SSSR count). The molecule has 0 radical (unpaired) electrons. The predicted molar refractivity (Wildman–Crippen MR) is 71.3 cm³/mol. The molecule has 0 aliphatic carbocycles. The molecule has 0 bridgehead atoms. The summed E-state index contributed by atoms with van der Waals surface area (Å²) in [5.74, 6) is -2.19. The van der Waals surface area contributed by atoms with Gasteiger partial charge in [0.25, 0.3) is 0 Å². The van der Waals surface area contributed by atoms with Crippen molar-refractivity contribution < 1.29 is 19.1 Å². The first-order valence-electron chi connectivity index (χ1n) is 6.19. The van der Waals surface area contributed by atoms with Crippen molar-refractivity contribution >= 4 is 28.6 Å². The van der Waals surface area contributed by atoms with Crippen LogP contribution in [-0.2, 0) is 21.4 Å². The van der Waals surface area contributed by atoms with Crippen LogP contribution in [0.4, 0.5) is 0 Å². The van der Waals surface area contributed by atoms with Gasteiger partial charge in [-0.3, -0.25) is 9.59 Å². The summed E-state index contributed by atoms with van der Waals surface area (Å²) in [6, 6.07) is 7.25. The lowest BCUT2D eigenvalue weighted by Gasteiger charge is -2.01. The number of ketones is 2. The first-order chi connectivity index (χ1) is 9.54. The van der Waals surface area contributed by atoms with Crippen molar-refractivity contribution in [2.75, 3.05) is 6.61 Å². The van der Waals surface area contributed by atoms with Crippen LogP contribution in [0.3, 0.4) is 0 Å². The van der Waals surface area contributed by atoms with E-state index < -0.39 is 24.0 Å². The van der Waals surface area contributed by atoms with E-state index in [1.165, 1.54) is 0 Å². The zero-order valence-corrected chi connectivity index (χ0v) is 11.3. The highest BCUT2D eigenvalue weighted by molar-refractivity contribution is 6.38. The lowest BCUT2D eigenvalue weighted by molar-refractivity contribution is -0.153. The van der Waals surface area contributed by atoms with E-state index in [9.17, 15) is 14.4 Å². The number of benzene rings is 1. The Morgan fingerprint density at radius 3 is 2.60 bits per heavy atom. The van der Waals surface area contributed by atoms with Crippen LogP contribution in [0.25, 0.3) is 11.0 Å². The zero-order valence-electron chi connectivity index (χ0n) is 11.3. The van der Waals surface area contributed by atoms with Crippen LogP contribution in [0.2, 0.25) is 0 Å². The van der Waals surface area contributed by atoms with E-state index in [1.54, 1.807) is 24.6 Å². The standard InChI is InChI=1S/C14H14N2O4/c1-3-20-14(19)12(18)8-11(17)13-15-9-6-4-5-7-10(9)16(13)2/h4-7H,3,8H2,1-2H3. The van der Waals surface area contributed by atoms with Crippen LogP contribution in [0.5, 0.6) is 0 Å².